The molecular weight excluding hydrogens is 455 g/mol. The van der Waals surface area contributed by atoms with Crippen molar-refractivity contribution in [3.05, 3.63) is 65.5 Å². The minimum absolute atomic E-state index is 0.0599. The molecule has 2 aromatic carbocycles. The predicted octanol–water partition coefficient (Wildman–Crippen LogP) is 3.46. The number of sulfonamides is 1. The molecule has 9 heteroatoms. The van der Waals surface area contributed by atoms with Crippen LogP contribution in [0.2, 0.25) is 0 Å². The fourth-order valence-corrected chi connectivity index (χ4v) is 6.26. The number of carbonyl (C=O) groups excluding carboxylic acids is 1. The first-order valence-corrected chi connectivity index (χ1v) is 13.4. The fraction of sp³-hybridized carbons (Fsp3) is 0.480. The van der Waals surface area contributed by atoms with Gasteiger partial charge < -0.3 is 4.90 Å². The molecule has 2 atom stereocenters. The highest BCUT2D eigenvalue weighted by atomic mass is 32.2. The lowest BCUT2D eigenvalue weighted by molar-refractivity contribution is 0.0791. The summed E-state index contributed by atoms with van der Waals surface area (Å²) in [6.07, 6.45) is 5.29. The Balaban J connectivity index is 1.29. The Bertz CT molecular complexity index is 1100. The van der Waals surface area contributed by atoms with Crippen molar-refractivity contribution in [2.45, 2.75) is 55.5 Å². The molecule has 0 aromatic heterocycles. The summed E-state index contributed by atoms with van der Waals surface area (Å²) in [6.45, 7) is 1.62. The zero-order valence-corrected chi connectivity index (χ0v) is 20.4. The van der Waals surface area contributed by atoms with Crippen molar-refractivity contribution >= 4 is 15.9 Å². The Morgan fingerprint density at radius 2 is 1.85 bits per heavy atom. The van der Waals surface area contributed by atoms with E-state index >= 15 is 0 Å². The zero-order chi connectivity index (χ0) is 24.1. The van der Waals surface area contributed by atoms with E-state index in [2.05, 4.69) is 10.9 Å². The van der Waals surface area contributed by atoms with Gasteiger partial charge in [-0.15, -0.1) is 0 Å². The van der Waals surface area contributed by atoms with Gasteiger partial charge in [0.1, 0.15) is 5.82 Å². The summed E-state index contributed by atoms with van der Waals surface area (Å²) >= 11 is 0. The summed E-state index contributed by atoms with van der Waals surface area (Å²) < 4.78 is 40.9. The summed E-state index contributed by atoms with van der Waals surface area (Å²) in [5, 5.41) is 0. The van der Waals surface area contributed by atoms with Gasteiger partial charge in [0.2, 0.25) is 10.0 Å². The van der Waals surface area contributed by atoms with Crippen LogP contribution in [0, 0.1) is 5.82 Å². The lowest BCUT2D eigenvalue weighted by Gasteiger charge is -2.26. The highest BCUT2D eigenvalue weighted by Gasteiger charge is 2.27. The van der Waals surface area contributed by atoms with Crippen LogP contribution in [0.1, 0.15) is 60.5 Å². The first-order valence-electron chi connectivity index (χ1n) is 12.0. The molecule has 0 aliphatic carbocycles. The maximum atomic E-state index is 13.5. The number of rotatable bonds is 8. The third kappa shape index (κ3) is 5.83. The second-order valence-corrected chi connectivity index (χ2v) is 11.1. The number of carbonyl (C=O) groups is 1. The maximum Gasteiger partial charge on any atom is 0.253 e. The van der Waals surface area contributed by atoms with E-state index in [0.717, 1.165) is 44.1 Å². The molecule has 2 aromatic rings. The van der Waals surface area contributed by atoms with Crippen molar-refractivity contribution in [2.24, 2.45) is 0 Å². The first kappa shape index (κ1) is 24.8. The van der Waals surface area contributed by atoms with Gasteiger partial charge in [-0.3, -0.25) is 15.6 Å². The summed E-state index contributed by atoms with van der Waals surface area (Å²) in [5.74, 6) is -0.429. The van der Waals surface area contributed by atoms with Gasteiger partial charge in [-0.05, 0) is 68.0 Å². The van der Waals surface area contributed by atoms with Crippen LogP contribution in [0.5, 0.6) is 0 Å². The minimum Gasteiger partial charge on any atom is -0.342 e. The largest absolute Gasteiger partial charge is 0.342 e. The van der Waals surface area contributed by atoms with E-state index in [1.54, 1.807) is 42.3 Å². The molecular formula is C25H33FN4O3S. The lowest BCUT2D eigenvalue weighted by Crippen LogP contribution is -2.35. The van der Waals surface area contributed by atoms with E-state index in [1.807, 2.05) is 6.07 Å². The Morgan fingerprint density at radius 1 is 1.09 bits per heavy atom. The van der Waals surface area contributed by atoms with E-state index < -0.39 is 10.0 Å². The molecule has 0 saturated carbocycles. The van der Waals surface area contributed by atoms with Crippen LogP contribution in [0.4, 0.5) is 4.39 Å². The average Bonchev–Trinajstić information content (AvgIpc) is 3.33. The standard InChI is InChI=1S/C25H33FN4O3S/c1-29(13-7-11-22-18-24(28-27-22)19-8-5-10-21(26)16-19)25(31)20-9-6-12-23(17-20)34(32,33)30-14-3-2-4-15-30/h5-6,8-10,12,16-17,22,24,27-28H,2-4,7,11,13-15,18H2,1H3. The van der Waals surface area contributed by atoms with Crippen LogP contribution in [-0.2, 0) is 10.0 Å². The average molecular weight is 489 g/mol. The molecule has 2 aliphatic rings. The van der Waals surface area contributed by atoms with Gasteiger partial charge in [0.15, 0.2) is 0 Å². The summed E-state index contributed by atoms with van der Waals surface area (Å²) in [5.41, 5.74) is 7.79. The number of amides is 1. The number of nitrogens with zero attached hydrogens (tertiary/aromatic N) is 2. The van der Waals surface area contributed by atoms with Crippen LogP contribution in [-0.4, -0.2) is 56.3 Å². The fourth-order valence-electron chi connectivity index (χ4n) is 4.69. The van der Waals surface area contributed by atoms with Crippen LogP contribution >= 0.6 is 0 Å². The van der Waals surface area contributed by atoms with Gasteiger partial charge in [-0.25, -0.2) is 12.8 Å². The number of halogens is 1. The summed E-state index contributed by atoms with van der Waals surface area (Å²) in [6, 6.07) is 13.3. The molecule has 7 nitrogen and oxygen atoms in total. The number of benzene rings is 2. The quantitative estimate of drug-likeness (QED) is 0.595. The number of nitrogens with one attached hydrogen (secondary N) is 2. The van der Waals surface area contributed by atoms with Crippen LogP contribution in [0.25, 0.3) is 0 Å². The first-order chi connectivity index (χ1) is 16.3. The van der Waals surface area contributed by atoms with Gasteiger partial charge in [-0.2, -0.15) is 4.31 Å². The number of hydrogen-bond donors (Lipinski definition) is 2. The Kier molecular flexibility index (Phi) is 7.98. The van der Waals surface area contributed by atoms with E-state index in [9.17, 15) is 17.6 Å². The second kappa shape index (κ2) is 10.9. The molecule has 2 fully saturated rings. The van der Waals surface area contributed by atoms with Gasteiger partial charge in [0.05, 0.1) is 4.90 Å². The summed E-state index contributed by atoms with van der Waals surface area (Å²) in [7, 11) is -1.84. The minimum atomic E-state index is -3.58. The van der Waals surface area contributed by atoms with Crippen molar-refractivity contribution in [1.82, 2.24) is 20.1 Å². The third-order valence-electron chi connectivity index (χ3n) is 6.66. The van der Waals surface area contributed by atoms with Crippen molar-refractivity contribution in [3.63, 3.8) is 0 Å². The topological polar surface area (TPSA) is 81.7 Å². The van der Waals surface area contributed by atoms with Crippen molar-refractivity contribution in [2.75, 3.05) is 26.7 Å². The molecule has 184 valence electrons. The highest BCUT2D eigenvalue weighted by molar-refractivity contribution is 7.89. The molecule has 0 bridgehead atoms. The smallest absolute Gasteiger partial charge is 0.253 e. The van der Waals surface area contributed by atoms with E-state index in [-0.39, 0.29) is 28.7 Å². The normalized spacial score (nSPS) is 21.5. The molecule has 2 unspecified atom stereocenters. The molecule has 0 spiro atoms. The zero-order valence-electron chi connectivity index (χ0n) is 19.5. The molecule has 2 N–H and O–H groups in total. The van der Waals surface area contributed by atoms with Gasteiger partial charge in [0.25, 0.3) is 5.91 Å². The van der Waals surface area contributed by atoms with Crippen LogP contribution in [0.15, 0.2) is 53.4 Å². The SMILES string of the molecule is CN(CCCC1CC(c2cccc(F)c2)NN1)C(=O)c1cccc(S(=O)(=O)N2CCCCC2)c1. The van der Waals surface area contributed by atoms with Gasteiger partial charge in [0, 0.05) is 44.3 Å². The highest BCUT2D eigenvalue weighted by Crippen LogP contribution is 2.25. The van der Waals surface area contributed by atoms with Gasteiger partial charge >= 0.3 is 0 Å². The predicted molar refractivity (Wildman–Crippen MR) is 129 cm³/mol. The Morgan fingerprint density at radius 3 is 2.62 bits per heavy atom. The van der Waals surface area contributed by atoms with Crippen LogP contribution < -0.4 is 10.9 Å². The van der Waals surface area contributed by atoms with Crippen molar-refractivity contribution < 1.29 is 17.6 Å². The molecule has 2 aliphatic heterocycles. The van der Waals surface area contributed by atoms with Crippen molar-refractivity contribution in [1.29, 1.82) is 0 Å². The molecule has 1 amide bonds. The summed E-state index contributed by atoms with van der Waals surface area (Å²) in [4.78, 5) is 14.8. The van der Waals surface area contributed by atoms with E-state index in [0.29, 0.717) is 25.2 Å². The molecule has 2 saturated heterocycles. The third-order valence-corrected chi connectivity index (χ3v) is 8.55. The van der Waals surface area contributed by atoms with Crippen molar-refractivity contribution in [3.8, 4) is 0 Å². The second-order valence-electron chi connectivity index (χ2n) is 9.19. The van der Waals surface area contributed by atoms with Gasteiger partial charge in [-0.1, -0.05) is 24.6 Å². The number of piperidine rings is 1. The maximum absolute atomic E-state index is 13.5. The monoisotopic (exact) mass is 488 g/mol. The molecule has 0 radical (unpaired) electrons. The molecule has 2 heterocycles. The molecule has 34 heavy (non-hydrogen) atoms. The lowest BCUT2D eigenvalue weighted by atomic mass is 9.99. The Hall–Kier alpha value is -2.33. The van der Waals surface area contributed by atoms with Crippen LogP contribution in [0.3, 0.4) is 0 Å². The van der Waals surface area contributed by atoms with E-state index in [1.165, 1.54) is 16.4 Å². The Labute approximate surface area is 201 Å². The molecule has 4 rings (SSSR count). The number of hydrogen-bond acceptors (Lipinski definition) is 5. The number of hydrazine groups is 1. The van der Waals surface area contributed by atoms with E-state index in [4.69, 9.17) is 0 Å².